The summed E-state index contributed by atoms with van der Waals surface area (Å²) in [5.74, 6) is 0.657. The van der Waals surface area contributed by atoms with Crippen molar-refractivity contribution in [2.75, 3.05) is 6.61 Å². The van der Waals surface area contributed by atoms with Crippen LogP contribution in [0.4, 0.5) is 5.69 Å². The molecule has 1 radical (unpaired) electrons. The molecule has 4 heteroatoms. The van der Waals surface area contributed by atoms with Crippen molar-refractivity contribution in [3.63, 3.8) is 0 Å². The molecule has 1 rings (SSSR count). The summed E-state index contributed by atoms with van der Waals surface area (Å²) in [5.41, 5.74) is 0.0782. The monoisotopic (exact) mass is 194 g/mol. The first-order chi connectivity index (χ1) is 6.74. The van der Waals surface area contributed by atoms with Crippen molar-refractivity contribution in [1.29, 1.82) is 0 Å². The van der Waals surface area contributed by atoms with Crippen LogP contribution >= 0.6 is 0 Å². The Morgan fingerprint density at radius 2 is 2.00 bits per heavy atom. The molecule has 1 aromatic rings. The second-order valence-corrected chi connectivity index (χ2v) is 2.81. The first-order valence-corrected chi connectivity index (χ1v) is 4.40. The number of non-ortho nitro benzene ring substituents is 1. The van der Waals surface area contributed by atoms with Gasteiger partial charge in [0.25, 0.3) is 5.69 Å². The highest BCUT2D eigenvalue weighted by Gasteiger charge is 2.03. The summed E-state index contributed by atoms with van der Waals surface area (Å²) >= 11 is 0. The van der Waals surface area contributed by atoms with E-state index >= 15 is 0 Å². The Labute approximate surface area is 82.7 Å². The molecular formula is C10H12NO3. The number of nitro groups is 1. The molecule has 0 aliphatic carbocycles. The van der Waals surface area contributed by atoms with E-state index in [9.17, 15) is 10.1 Å². The Kier molecular flexibility index (Phi) is 3.91. The van der Waals surface area contributed by atoms with Crippen LogP contribution < -0.4 is 4.74 Å². The van der Waals surface area contributed by atoms with Crippen molar-refractivity contribution in [3.05, 3.63) is 41.3 Å². The summed E-state index contributed by atoms with van der Waals surface area (Å²) in [6, 6.07) is 6.06. The van der Waals surface area contributed by atoms with Crippen LogP contribution in [0.5, 0.6) is 5.75 Å². The largest absolute Gasteiger partial charge is 0.494 e. The second kappa shape index (κ2) is 5.21. The topological polar surface area (TPSA) is 52.4 Å². The number of benzene rings is 1. The number of hydrogen-bond acceptors (Lipinski definition) is 3. The average Bonchev–Trinajstić information content (AvgIpc) is 2.19. The van der Waals surface area contributed by atoms with Crippen molar-refractivity contribution >= 4 is 5.69 Å². The summed E-state index contributed by atoms with van der Waals surface area (Å²) in [5, 5.41) is 10.3. The Morgan fingerprint density at radius 3 is 2.50 bits per heavy atom. The molecule has 0 saturated heterocycles. The lowest BCUT2D eigenvalue weighted by atomic mass is 10.3. The Bertz CT molecular complexity index is 295. The fourth-order valence-electron chi connectivity index (χ4n) is 0.956. The minimum absolute atomic E-state index is 0.0782. The molecule has 0 unspecified atom stereocenters. The molecule has 0 bridgehead atoms. The number of hydrogen-bond donors (Lipinski definition) is 0. The number of rotatable bonds is 5. The van der Waals surface area contributed by atoms with Crippen LogP contribution in [0.3, 0.4) is 0 Å². The van der Waals surface area contributed by atoms with Gasteiger partial charge in [-0.25, -0.2) is 0 Å². The molecule has 14 heavy (non-hydrogen) atoms. The molecule has 0 fully saturated rings. The lowest BCUT2D eigenvalue weighted by Crippen LogP contribution is -1.96. The summed E-state index contributed by atoms with van der Waals surface area (Å²) in [6.45, 7) is 4.28. The Morgan fingerprint density at radius 1 is 1.36 bits per heavy atom. The molecule has 0 aliphatic heterocycles. The number of nitro benzene ring substituents is 1. The molecule has 0 saturated carbocycles. The van der Waals surface area contributed by atoms with Gasteiger partial charge in [0.2, 0.25) is 0 Å². The molecule has 75 valence electrons. The first kappa shape index (κ1) is 10.5. The van der Waals surface area contributed by atoms with E-state index in [0.717, 1.165) is 12.8 Å². The van der Waals surface area contributed by atoms with E-state index in [2.05, 4.69) is 6.92 Å². The summed E-state index contributed by atoms with van der Waals surface area (Å²) in [6.07, 6.45) is 1.71. The van der Waals surface area contributed by atoms with Gasteiger partial charge in [-0.15, -0.1) is 0 Å². The quantitative estimate of drug-likeness (QED) is 0.411. The summed E-state index contributed by atoms with van der Waals surface area (Å²) in [4.78, 5) is 9.90. The fourth-order valence-corrected chi connectivity index (χ4v) is 0.956. The zero-order chi connectivity index (χ0) is 10.4. The van der Waals surface area contributed by atoms with Gasteiger partial charge in [-0.3, -0.25) is 10.1 Å². The van der Waals surface area contributed by atoms with Crippen molar-refractivity contribution in [1.82, 2.24) is 0 Å². The highest BCUT2D eigenvalue weighted by Crippen LogP contribution is 2.17. The SMILES string of the molecule is [CH2]CCCOc1ccc([N+](=O)[O-])cc1. The highest BCUT2D eigenvalue weighted by molar-refractivity contribution is 5.35. The lowest BCUT2D eigenvalue weighted by Gasteiger charge is -2.03. The van der Waals surface area contributed by atoms with E-state index in [1.165, 1.54) is 12.1 Å². The van der Waals surface area contributed by atoms with E-state index in [4.69, 9.17) is 4.74 Å². The van der Waals surface area contributed by atoms with Gasteiger partial charge in [-0.05, 0) is 18.6 Å². The van der Waals surface area contributed by atoms with Gasteiger partial charge in [0.05, 0.1) is 11.5 Å². The molecule has 4 nitrogen and oxygen atoms in total. The molecule has 0 aromatic heterocycles. The maximum absolute atomic E-state index is 10.3. The predicted molar refractivity (Wildman–Crippen MR) is 53.2 cm³/mol. The van der Waals surface area contributed by atoms with Gasteiger partial charge in [-0.2, -0.15) is 0 Å². The number of ether oxygens (including phenoxy) is 1. The third-order valence-corrected chi connectivity index (χ3v) is 1.71. The Balaban J connectivity index is 2.51. The first-order valence-electron chi connectivity index (χ1n) is 4.40. The van der Waals surface area contributed by atoms with Crippen LogP contribution in [-0.4, -0.2) is 11.5 Å². The van der Waals surface area contributed by atoms with E-state index < -0.39 is 4.92 Å². The van der Waals surface area contributed by atoms with E-state index in [-0.39, 0.29) is 5.69 Å². The maximum Gasteiger partial charge on any atom is 0.269 e. The van der Waals surface area contributed by atoms with Gasteiger partial charge in [0.15, 0.2) is 0 Å². The van der Waals surface area contributed by atoms with Gasteiger partial charge in [0.1, 0.15) is 5.75 Å². The van der Waals surface area contributed by atoms with Gasteiger partial charge < -0.3 is 4.74 Å². The zero-order valence-corrected chi connectivity index (χ0v) is 7.81. The number of nitrogens with zero attached hydrogens (tertiary/aromatic N) is 1. The third-order valence-electron chi connectivity index (χ3n) is 1.71. The van der Waals surface area contributed by atoms with Crippen LogP contribution in [-0.2, 0) is 0 Å². The number of unbranched alkanes of at least 4 members (excludes halogenated alkanes) is 1. The van der Waals surface area contributed by atoms with Crippen LogP contribution in [0.1, 0.15) is 12.8 Å². The van der Waals surface area contributed by atoms with Crippen LogP contribution in [0.25, 0.3) is 0 Å². The Hall–Kier alpha value is -1.58. The zero-order valence-electron chi connectivity index (χ0n) is 7.81. The molecule has 0 atom stereocenters. The minimum Gasteiger partial charge on any atom is -0.494 e. The molecule has 0 N–H and O–H groups in total. The lowest BCUT2D eigenvalue weighted by molar-refractivity contribution is -0.384. The third kappa shape index (κ3) is 3.05. The highest BCUT2D eigenvalue weighted by atomic mass is 16.6. The summed E-state index contributed by atoms with van der Waals surface area (Å²) < 4.78 is 5.32. The molecule has 1 aromatic carbocycles. The van der Waals surface area contributed by atoms with Crippen molar-refractivity contribution in [2.45, 2.75) is 12.8 Å². The predicted octanol–water partition coefficient (Wildman–Crippen LogP) is 2.59. The van der Waals surface area contributed by atoms with Gasteiger partial charge in [0, 0.05) is 12.1 Å². The van der Waals surface area contributed by atoms with Crippen molar-refractivity contribution < 1.29 is 9.66 Å². The van der Waals surface area contributed by atoms with Crippen LogP contribution in [0.2, 0.25) is 0 Å². The van der Waals surface area contributed by atoms with Crippen molar-refractivity contribution in [3.8, 4) is 5.75 Å². The van der Waals surface area contributed by atoms with Gasteiger partial charge >= 0.3 is 0 Å². The average molecular weight is 194 g/mol. The molecule has 0 spiro atoms. The molecule has 0 amide bonds. The molecule has 0 aliphatic rings. The maximum atomic E-state index is 10.3. The fraction of sp³-hybridized carbons (Fsp3) is 0.300. The molecule has 0 heterocycles. The minimum atomic E-state index is -0.431. The van der Waals surface area contributed by atoms with E-state index in [0.29, 0.717) is 12.4 Å². The normalized spacial score (nSPS) is 9.79. The standard InChI is InChI=1S/C10H12NO3/c1-2-3-8-14-10-6-4-9(5-7-10)11(12)13/h4-7H,1-3,8H2. The smallest absolute Gasteiger partial charge is 0.269 e. The molecular weight excluding hydrogens is 182 g/mol. The van der Waals surface area contributed by atoms with Crippen LogP contribution in [0.15, 0.2) is 24.3 Å². The van der Waals surface area contributed by atoms with Gasteiger partial charge in [-0.1, -0.05) is 13.3 Å². The van der Waals surface area contributed by atoms with E-state index in [1.54, 1.807) is 12.1 Å². The van der Waals surface area contributed by atoms with Crippen LogP contribution in [0, 0.1) is 17.0 Å². The second-order valence-electron chi connectivity index (χ2n) is 2.81. The summed E-state index contributed by atoms with van der Waals surface area (Å²) in [7, 11) is 0. The van der Waals surface area contributed by atoms with Crippen molar-refractivity contribution in [2.24, 2.45) is 0 Å². The van der Waals surface area contributed by atoms with E-state index in [1.807, 2.05) is 0 Å².